The molecule has 2 heterocycles. The number of carbonyl (C=O) groups is 1. The Labute approximate surface area is 139 Å². The van der Waals surface area contributed by atoms with Crippen molar-refractivity contribution < 1.29 is 9.53 Å². The van der Waals surface area contributed by atoms with Gasteiger partial charge in [0.05, 0.1) is 18.9 Å². The number of nitrogens with one attached hydrogen (secondary N) is 1. The van der Waals surface area contributed by atoms with Crippen molar-refractivity contribution in [1.82, 2.24) is 24.6 Å². The topological polar surface area (TPSA) is 74.0 Å². The molecule has 3 aromatic rings. The van der Waals surface area contributed by atoms with Gasteiger partial charge in [0.25, 0.3) is 5.91 Å². The van der Waals surface area contributed by atoms with Gasteiger partial charge in [0.2, 0.25) is 0 Å². The average molecular weight is 325 g/mol. The van der Waals surface area contributed by atoms with Crippen LogP contribution in [-0.4, -0.2) is 32.3 Å². The van der Waals surface area contributed by atoms with Gasteiger partial charge >= 0.3 is 0 Å². The van der Waals surface area contributed by atoms with E-state index in [2.05, 4.69) is 15.4 Å². The van der Waals surface area contributed by atoms with Gasteiger partial charge in [-0.3, -0.25) is 9.48 Å². The fourth-order valence-corrected chi connectivity index (χ4v) is 2.50. The summed E-state index contributed by atoms with van der Waals surface area (Å²) in [5, 5.41) is 7.07. The first-order valence-electron chi connectivity index (χ1n) is 7.49. The second kappa shape index (κ2) is 6.57. The van der Waals surface area contributed by atoms with Gasteiger partial charge in [-0.25, -0.2) is 4.98 Å². The highest BCUT2D eigenvalue weighted by Gasteiger charge is 2.22. The van der Waals surface area contributed by atoms with Crippen molar-refractivity contribution in [3.63, 3.8) is 0 Å². The first-order chi connectivity index (χ1) is 11.6. The SMILES string of the molecule is COc1ccc([C@@H](NC(=O)c2cnn(C)c2)c2nccn2C)cc1. The molecule has 1 aromatic carbocycles. The maximum Gasteiger partial charge on any atom is 0.255 e. The van der Waals surface area contributed by atoms with E-state index in [-0.39, 0.29) is 11.9 Å². The van der Waals surface area contributed by atoms with E-state index in [1.165, 1.54) is 0 Å². The van der Waals surface area contributed by atoms with Crippen molar-refractivity contribution in [2.24, 2.45) is 14.1 Å². The molecule has 124 valence electrons. The standard InChI is InChI=1S/C17H19N5O2/c1-21-9-8-18-16(21)15(12-4-6-14(24-3)7-5-12)20-17(23)13-10-19-22(2)11-13/h4-11,15H,1-3H3,(H,20,23)/t15-/m1/s1. The fourth-order valence-electron chi connectivity index (χ4n) is 2.50. The molecule has 0 unspecified atom stereocenters. The number of rotatable bonds is 5. The zero-order valence-electron chi connectivity index (χ0n) is 13.8. The van der Waals surface area contributed by atoms with Crippen LogP contribution >= 0.6 is 0 Å². The smallest absolute Gasteiger partial charge is 0.255 e. The van der Waals surface area contributed by atoms with E-state index < -0.39 is 0 Å². The second-order valence-corrected chi connectivity index (χ2v) is 5.48. The molecule has 0 aliphatic rings. The Morgan fingerprint density at radius 2 is 2.00 bits per heavy atom. The molecule has 1 amide bonds. The molecule has 0 saturated heterocycles. The lowest BCUT2D eigenvalue weighted by atomic mass is 10.1. The molecule has 2 aromatic heterocycles. The van der Waals surface area contributed by atoms with Gasteiger partial charge in [0.1, 0.15) is 17.6 Å². The van der Waals surface area contributed by atoms with Gasteiger partial charge < -0.3 is 14.6 Å². The van der Waals surface area contributed by atoms with Crippen LogP contribution in [0.25, 0.3) is 0 Å². The molecule has 1 N–H and O–H groups in total. The third-order valence-corrected chi connectivity index (χ3v) is 3.81. The number of imidazole rings is 1. The normalized spacial score (nSPS) is 12.0. The third kappa shape index (κ3) is 3.15. The summed E-state index contributed by atoms with van der Waals surface area (Å²) in [4.78, 5) is 16.9. The minimum Gasteiger partial charge on any atom is -0.497 e. The quantitative estimate of drug-likeness (QED) is 0.774. The van der Waals surface area contributed by atoms with Crippen molar-refractivity contribution >= 4 is 5.91 Å². The first-order valence-corrected chi connectivity index (χ1v) is 7.49. The van der Waals surface area contributed by atoms with Crippen LogP contribution in [0.3, 0.4) is 0 Å². The average Bonchev–Trinajstić information content (AvgIpc) is 3.21. The molecule has 0 bridgehead atoms. The Bertz CT molecular complexity index is 835. The Kier molecular flexibility index (Phi) is 4.33. The summed E-state index contributed by atoms with van der Waals surface area (Å²) >= 11 is 0. The monoisotopic (exact) mass is 325 g/mol. The van der Waals surface area contributed by atoms with E-state index in [1.807, 2.05) is 42.1 Å². The number of hydrogen-bond donors (Lipinski definition) is 1. The summed E-state index contributed by atoms with van der Waals surface area (Å²) in [5.74, 6) is 1.31. The molecule has 0 aliphatic carbocycles. The third-order valence-electron chi connectivity index (χ3n) is 3.81. The van der Waals surface area contributed by atoms with E-state index in [0.717, 1.165) is 17.1 Å². The number of ether oxygens (including phenoxy) is 1. The van der Waals surface area contributed by atoms with Crippen molar-refractivity contribution in [3.8, 4) is 5.75 Å². The lowest BCUT2D eigenvalue weighted by Gasteiger charge is -2.19. The van der Waals surface area contributed by atoms with Crippen molar-refractivity contribution in [1.29, 1.82) is 0 Å². The Hall–Kier alpha value is -3.09. The highest BCUT2D eigenvalue weighted by molar-refractivity contribution is 5.94. The molecule has 0 saturated carbocycles. The lowest BCUT2D eigenvalue weighted by Crippen LogP contribution is -2.30. The largest absolute Gasteiger partial charge is 0.497 e. The van der Waals surface area contributed by atoms with Crippen LogP contribution < -0.4 is 10.1 Å². The summed E-state index contributed by atoms with van der Waals surface area (Å²) in [5.41, 5.74) is 1.42. The van der Waals surface area contributed by atoms with E-state index in [9.17, 15) is 4.79 Å². The van der Waals surface area contributed by atoms with Crippen LogP contribution in [0.5, 0.6) is 5.75 Å². The van der Waals surface area contributed by atoms with Gasteiger partial charge in [0, 0.05) is 32.7 Å². The minimum absolute atomic E-state index is 0.202. The highest BCUT2D eigenvalue weighted by atomic mass is 16.5. The van der Waals surface area contributed by atoms with E-state index in [4.69, 9.17) is 4.74 Å². The van der Waals surface area contributed by atoms with Crippen LogP contribution in [0.1, 0.15) is 27.8 Å². The van der Waals surface area contributed by atoms with Gasteiger partial charge in [-0.15, -0.1) is 0 Å². The Balaban J connectivity index is 1.93. The van der Waals surface area contributed by atoms with Crippen LogP contribution in [-0.2, 0) is 14.1 Å². The number of benzene rings is 1. The molecule has 1 atom stereocenters. The lowest BCUT2D eigenvalue weighted by molar-refractivity contribution is 0.0941. The minimum atomic E-state index is -0.372. The highest BCUT2D eigenvalue weighted by Crippen LogP contribution is 2.23. The second-order valence-electron chi connectivity index (χ2n) is 5.48. The maximum absolute atomic E-state index is 12.5. The zero-order valence-corrected chi connectivity index (χ0v) is 13.8. The summed E-state index contributed by atoms with van der Waals surface area (Å²) < 4.78 is 8.68. The van der Waals surface area contributed by atoms with Crippen LogP contribution in [0.2, 0.25) is 0 Å². The molecule has 0 fully saturated rings. The number of amides is 1. The molecule has 0 aliphatic heterocycles. The maximum atomic E-state index is 12.5. The van der Waals surface area contributed by atoms with E-state index in [1.54, 1.807) is 37.4 Å². The number of methoxy groups -OCH3 is 1. The fraction of sp³-hybridized carbons (Fsp3) is 0.235. The van der Waals surface area contributed by atoms with Gasteiger partial charge in [-0.05, 0) is 17.7 Å². The molecule has 24 heavy (non-hydrogen) atoms. The predicted octanol–water partition coefficient (Wildman–Crippen LogP) is 1.68. The number of nitrogens with zero attached hydrogens (tertiary/aromatic N) is 4. The van der Waals surface area contributed by atoms with E-state index in [0.29, 0.717) is 5.56 Å². The molecule has 0 radical (unpaired) electrons. The Morgan fingerprint density at radius 3 is 2.54 bits per heavy atom. The molecule has 0 spiro atoms. The summed E-state index contributed by atoms with van der Waals surface area (Å²) in [7, 11) is 5.29. The Morgan fingerprint density at radius 1 is 1.25 bits per heavy atom. The van der Waals surface area contributed by atoms with Gasteiger partial charge in [0.15, 0.2) is 0 Å². The number of carbonyl (C=O) groups excluding carboxylic acids is 1. The molecular formula is C17H19N5O2. The summed E-state index contributed by atoms with van der Waals surface area (Å²) in [6.07, 6.45) is 6.78. The van der Waals surface area contributed by atoms with Gasteiger partial charge in [-0.2, -0.15) is 5.10 Å². The number of aryl methyl sites for hydroxylation is 2. The van der Waals surface area contributed by atoms with Crippen LogP contribution in [0.15, 0.2) is 49.1 Å². The number of hydrogen-bond acceptors (Lipinski definition) is 4. The van der Waals surface area contributed by atoms with E-state index >= 15 is 0 Å². The van der Waals surface area contributed by atoms with Crippen LogP contribution in [0, 0.1) is 0 Å². The van der Waals surface area contributed by atoms with Crippen molar-refractivity contribution in [2.45, 2.75) is 6.04 Å². The number of aromatic nitrogens is 4. The van der Waals surface area contributed by atoms with Crippen molar-refractivity contribution in [3.05, 3.63) is 66.0 Å². The van der Waals surface area contributed by atoms with Gasteiger partial charge in [-0.1, -0.05) is 12.1 Å². The molecule has 7 heteroatoms. The first kappa shape index (κ1) is 15.8. The molecular weight excluding hydrogens is 306 g/mol. The zero-order chi connectivity index (χ0) is 17.1. The molecule has 3 rings (SSSR count). The summed E-state index contributed by atoms with van der Waals surface area (Å²) in [6.45, 7) is 0. The van der Waals surface area contributed by atoms with Crippen LogP contribution in [0.4, 0.5) is 0 Å². The molecule has 7 nitrogen and oxygen atoms in total. The van der Waals surface area contributed by atoms with Crippen molar-refractivity contribution in [2.75, 3.05) is 7.11 Å². The predicted molar refractivity (Wildman–Crippen MR) is 88.7 cm³/mol. The summed E-state index contributed by atoms with van der Waals surface area (Å²) in [6, 6.07) is 7.19.